The molecule has 0 saturated heterocycles. The van der Waals surface area contributed by atoms with Gasteiger partial charge < -0.3 is 14.6 Å². The van der Waals surface area contributed by atoms with E-state index in [2.05, 4.69) is 0 Å². The maximum absolute atomic E-state index is 10.9. The van der Waals surface area contributed by atoms with E-state index in [1.165, 1.54) is 11.8 Å². The number of carboxylic acid groups (broad SMARTS) is 1. The van der Waals surface area contributed by atoms with Gasteiger partial charge in [0.05, 0.1) is 7.11 Å². The van der Waals surface area contributed by atoms with Crippen LogP contribution in [0.3, 0.4) is 0 Å². The van der Waals surface area contributed by atoms with E-state index >= 15 is 0 Å². The monoisotopic (exact) mass is 256 g/mol. The zero-order chi connectivity index (χ0) is 12.7. The van der Waals surface area contributed by atoms with Crippen LogP contribution in [-0.2, 0) is 9.53 Å². The Balaban J connectivity index is 2.61. The van der Waals surface area contributed by atoms with Gasteiger partial charge in [0.2, 0.25) is 0 Å². The van der Waals surface area contributed by atoms with Gasteiger partial charge in [-0.1, -0.05) is 12.1 Å². The van der Waals surface area contributed by atoms with Crippen molar-refractivity contribution in [3.8, 4) is 5.75 Å². The van der Waals surface area contributed by atoms with Crippen molar-refractivity contribution in [2.24, 2.45) is 0 Å². The number of hydrogen-bond donors (Lipinski definition) is 1. The summed E-state index contributed by atoms with van der Waals surface area (Å²) in [5, 5.41) is 8.94. The first-order valence-electron chi connectivity index (χ1n) is 5.29. The Kier molecular flexibility index (Phi) is 5.86. The van der Waals surface area contributed by atoms with Crippen LogP contribution in [0.5, 0.6) is 5.75 Å². The predicted molar refractivity (Wildman–Crippen MR) is 66.8 cm³/mol. The van der Waals surface area contributed by atoms with Crippen LogP contribution in [0.1, 0.15) is 6.92 Å². The Morgan fingerprint density at radius 2 is 2.18 bits per heavy atom. The van der Waals surface area contributed by atoms with Crippen molar-refractivity contribution in [3.05, 3.63) is 24.3 Å². The molecular weight excluding hydrogens is 240 g/mol. The van der Waals surface area contributed by atoms with Gasteiger partial charge in [-0.25, -0.2) is 4.79 Å². The first kappa shape index (κ1) is 13.9. The maximum Gasteiger partial charge on any atom is 0.333 e. The molecule has 0 saturated carbocycles. The van der Waals surface area contributed by atoms with Crippen LogP contribution in [0.4, 0.5) is 0 Å². The second-order valence-electron chi connectivity index (χ2n) is 3.24. The van der Waals surface area contributed by atoms with Crippen LogP contribution in [0.15, 0.2) is 29.2 Å². The van der Waals surface area contributed by atoms with Gasteiger partial charge in [0, 0.05) is 17.3 Å². The lowest BCUT2D eigenvalue weighted by atomic mass is 10.3. The van der Waals surface area contributed by atoms with Crippen LogP contribution in [-0.4, -0.2) is 36.6 Å². The SMILES string of the molecule is CCOC(CSc1ccccc1OC)C(=O)O. The fourth-order valence-electron chi connectivity index (χ4n) is 1.30. The molecule has 0 amide bonds. The first-order valence-corrected chi connectivity index (χ1v) is 6.27. The Morgan fingerprint density at radius 1 is 1.47 bits per heavy atom. The minimum absolute atomic E-state index is 0.365. The Morgan fingerprint density at radius 3 is 2.76 bits per heavy atom. The smallest absolute Gasteiger partial charge is 0.333 e. The van der Waals surface area contributed by atoms with Crippen molar-refractivity contribution >= 4 is 17.7 Å². The molecule has 5 heteroatoms. The summed E-state index contributed by atoms with van der Waals surface area (Å²) >= 11 is 1.42. The molecule has 0 radical (unpaired) electrons. The number of para-hydroxylation sites is 1. The highest BCUT2D eigenvalue weighted by Crippen LogP contribution is 2.29. The van der Waals surface area contributed by atoms with Gasteiger partial charge in [-0.05, 0) is 19.1 Å². The molecule has 0 bridgehead atoms. The van der Waals surface area contributed by atoms with E-state index < -0.39 is 12.1 Å². The van der Waals surface area contributed by atoms with Crippen molar-refractivity contribution in [3.63, 3.8) is 0 Å². The summed E-state index contributed by atoms with van der Waals surface area (Å²) in [6.45, 7) is 2.17. The largest absolute Gasteiger partial charge is 0.496 e. The number of benzene rings is 1. The van der Waals surface area contributed by atoms with E-state index in [-0.39, 0.29) is 0 Å². The number of hydrogen-bond acceptors (Lipinski definition) is 4. The van der Waals surface area contributed by atoms with Crippen molar-refractivity contribution < 1.29 is 19.4 Å². The van der Waals surface area contributed by atoms with Crippen molar-refractivity contribution in [2.45, 2.75) is 17.9 Å². The molecule has 0 aromatic heterocycles. The molecule has 4 nitrogen and oxygen atoms in total. The highest BCUT2D eigenvalue weighted by atomic mass is 32.2. The minimum atomic E-state index is -0.936. The zero-order valence-electron chi connectivity index (χ0n) is 9.88. The quantitative estimate of drug-likeness (QED) is 0.758. The highest BCUT2D eigenvalue weighted by molar-refractivity contribution is 7.99. The molecule has 1 aromatic rings. The molecule has 0 aliphatic heterocycles. The van der Waals surface area contributed by atoms with Gasteiger partial charge in [-0.3, -0.25) is 0 Å². The summed E-state index contributed by atoms with van der Waals surface area (Å²) < 4.78 is 10.3. The standard InChI is InChI=1S/C12H16O4S/c1-3-16-10(12(13)14)8-17-11-7-5-4-6-9(11)15-2/h4-7,10H,3,8H2,1-2H3,(H,13,14). The summed E-state index contributed by atoms with van der Waals surface area (Å²) in [5.74, 6) is 0.177. The molecule has 1 unspecified atom stereocenters. The van der Waals surface area contributed by atoms with Crippen LogP contribution < -0.4 is 4.74 Å². The average molecular weight is 256 g/mol. The number of carboxylic acids is 1. The summed E-state index contributed by atoms with van der Waals surface area (Å²) in [6.07, 6.45) is -0.782. The molecule has 94 valence electrons. The van der Waals surface area contributed by atoms with E-state index in [1.54, 1.807) is 14.0 Å². The van der Waals surface area contributed by atoms with E-state index in [4.69, 9.17) is 14.6 Å². The lowest BCUT2D eigenvalue weighted by Gasteiger charge is -2.13. The number of ether oxygens (including phenoxy) is 2. The summed E-state index contributed by atoms with van der Waals surface area (Å²) in [7, 11) is 1.59. The Hall–Kier alpha value is -1.20. The third kappa shape index (κ3) is 4.28. The van der Waals surface area contributed by atoms with Crippen LogP contribution in [0.25, 0.3) is 0 Å². The predicted octanol–water partition coefficient (Wildman–Crippen LogP) is 2.28. The van der Waals surface area contributed by atoms with E-state index in [0.717, 1.165) is 10.6 Å². The van der Waals surface area contributed by atoms with Gasteiger partial charge in [-0.2, -0.15) is 0 Å². The van der Waals surface area contributed by atoms with Gasteiger partial charge in [0.15, 0.2) is 6.10 Å². The second-order valence-corrected chi connectivity index (χ2v) is 4.31. The van der Waals surface area contributed by atoms with E-state index in [1.807, 2.05) is 24.3 Å². The van der Waals surface area contributed by atoms with Gasteiger partial charge in [-0.15, -0.1) is 11.8 Å². The second kappa shape index (κ2) is 7.19. The molecule has 0 aliphatic rings. The van der Waals surface area contributed by atoms with Crippen LogP contribution >= 0.6 is 11.8 Å². The first-order chi connectivity index (χ1) is 8.19. The van der Waals surface area contributed by atoms with Gasteiger partial charge >= 0.3 is 5.97 Å². The number of carbonyl (C=O) groups is 1. The number of aliphatic carboxylic acids is 1. The molecule has 0 heterocycles. The molecule has 0 aliphatic carbocycles. The number of rotatable bonds is 7. The van der Waals surface area contributed by atoms with E-state index in [9.17, 15) is 4.79 Å². The summed E-state index contributed by atoms with van der Waals surface area (Å²) in [4.78, 5) is 11.8. The average Bonchev–Trinajstić information content (AvgIpc) is 2.34. The molecular formula is C12H16O4S. The molecule has 0 spiro atoms. The Bertz CT molecular complexity index is 367. The minimum Gasteiger partial charge on any atom is -0.496 e. The molecule has 1 atom stereocenters. The highest BCUT2D eigenvalue weighted by Gasteiger charge is 2.18. The molecule has 17 heavy (non-hydrogen) atoms. The fourth-order valence-corrected chi connectivity index (χ4v) is 2.33. The molecule has 1 N–H and O–H groups in total. The van der Waals surface area contributed by atoms with Crippen LogP contribution in [0, 0.1) is 0 Å². The molecule has 1 rings (SSSR count). The normalized spacial score (nSPS) is 12.1. The van der Waals surface area contributed by atoms with Gasteiger partial charge in [0.1, 0.15) is 5.75 Å². The fraction of sp³-hybridized carbons (Fsp3) is 0.417. The van der Waals surface area contributed by atoms with Gasteiger partial charge in [0.25, 0.3) is 0 Å². The topological polar surface area (TPSA) is 55.8 Å². The lowest BCUT2D eigenvalue weighted by molar-refractivity contribution is -0.148. The third-order valence-electron chi connectivity index (χ3n) is 2.10. The summed E-state index contributed by atoms with van der Waals surface area (Å²) in [6, 6.07) is 7.51. The van der Waals surface area contributed by atoms with Crippen LogP contribution in [0.2, 0.25) is 0 Å². The van der Waals surface area contributed by atoms with Crippen molar-refractivity contribution in [1.29, 1.82) is 0 Å². The maximum atomic E-state index is 10.9. The summed E-state index contributed by atoms with van der Waals surface area (Å²) in [5.41, 5.74) is 0. The molecule has 1 aromatic carbocycles. The molecule has 0 fully saturated rings. The van der Waals surface area contributed by atoms with Crippen molar-refractivity contribution in [2.75, 3.05) is 19.5 Å². The Labute approximate surface area is 105 Å². The zero-order valence-corrected chi connectivity index (χ0v) is 10.7. The number of thioether (sulfide) groups is 1. The van der Waals surface area contributed by atoms with Crippen molar-refractivity contribution in [1.82, 2.24) is 0 Å². The lowest BCUT2D eigenvalue weighted by Crippen LogP contribution is -2.26. The van der Waals surface area contributed by atoms with E-state index in [0.29, 0.717) is 12.4 Å². The number of methoxy groups -OCH3 is 1. The third-order valence-corrected chi connectivity index (χ3v) is 3.22.